The topological polar surface area (TPSA) is 65.1 Å². The van der Waals surface area contributed by atoms with E-state index in [9.17, 15) is 0 Å². The molecule has 0 spiro atoms. The van der Waals surface area contributed by atoms with E-state index in [4.69, 9.17) is 9.97 Å². The summed E-state index contributed by atoms with van der Waals surface area (Å²) in [5.74, 6) is 2.26. The number of benzene rings is 3. The Labute approximate surface area is 239 Å². The maximum absolute atomic E-state index is 4.83. The van der Waals surface area contributed by atoms with Crippen LogP contribution in [0.15, 0.2) is 72.8 Å². The van der Waals surface area contributed by atoms with Crippen molar-refractivity contribution in [3.63, 3.8) is 0 Å². The molecular weight excluding hydrogens is 492 g/mol. The molecule has 0 amide bonds. The lowest BCUT2D eigenvalue weighted by Crippen LogP contribution is -2.38. The molecular formula is C34H44N6. The first-order chi connectivity index (χ1) is 19.5. The SMILES string of the molecule is CC(C)c1ccc(NCc2ccccc2CCN[C@H]2CC[C@@H](Nc3nc(N(C)C)c4ccccc4n3)CC2)cc1. The highest BCUT2D eigenvalue weighted by Gasteiger charge is 2.22. The van der Waals surface area contributed by atoms with Crippen LogP contribution in [0.25, 0.3) is 10.9 Å². The van der Waals surface area contributed by atoms with E-state index in [0.717, 1.165) is 55.0 Å². The van der Waals surface area contributed by atoms with Crippen molar-refractivity contribution in [2.45, 2.75) is 70.5 Å². The zero-order valence-electron chi connectivity index (χ0n) is 24.5. The molecule has 6 nitrogen and oxygen atoms in total. The van der Waals surface area contributed by atoms with Crippen LogP contribution in [0.3, 0.4) is 0 Å². The minimum Gasteiger partial charge on any atom is -0.381 e. The van der Waals surface area contributed by atoms with Gasteiger partial charge in [-0.3, -0.25) is 0 Å². The smallest absolute Gasteiger partial charge is 0.225 e. The van der Waals surface area contributed by atoms with Crippen molar-refractivity contribution in [2.24, 2.45) is 0 Å². The summed E-state index contributed by atoms with van der Waals surface area (Å²) in [5.41, 5.74) is 6.33. The van der Waals surface area contributed by atoms with Gasteiger partial charge in [0.1, 0.15) is 5.82 Å². The first kappa shape index (κ1) is 27.9. The average molecular weight is 537 g/mol. The third-order valence-corrected chi connectivity index (χ3v) is 8.07. The number of anilines is 3. The molecule has 1 fully saturated rings. The molecule has 3 aromatic carbocycles. The number of hydrogen-bond donors (Lipinski definition) is 3. The lowest BCUT2D eigenvalue weighted by molar-refractivity contribution is 0.355. The van der Waals surface area contributed by atoms with Crippen molar-refractivity contribution in [2.75, 3.05) is 36.2 Å². The van der Waals surface area contributed by atoms with Gasteiger partial charge in [0.25, 0.3) is 0 Å². The summed E-state index contributed by atoms with van der Waals surface area (Å²) in [6, 6.07) is 26.9. The van der Waals surface area contributed by atoms with Crippen molar-refractivity contribution in [1.29, 1.82) is 0 Å². The van der Waals surface area contributed by atoms with Gasteiger partial charge >= 0.3 is 0 Å². The van der Waals surface area contributed by atoms with Gasteiger partial charge in [-0.05, 0) is 85.5 Å². The van der Waals surface area contributed by atoms with E-state index >= 15 is 0 Å². The predicted octanol–water partition coefficient (Wildman–Crippen LogP) is 6.99. The van der Waals surface area contributed by atoms with Crippen molar-refractivity contribution >= 4 is 28.4 Å². The second kappa shape index (κ2) is 13.1. The van der Waals surface area contributed by atoms with Crippen LogP contribution in [0.5, 0.6) is 0 Å². The number of fused-ring (bicyclic) bond motifs is 1. The summed E-state index contributed by atoms with van der Waals surface area (Å²) in [7, 11) is 4.07. The van der Waals surface area contributed by atoms with Crippen molar-refractivity contribution in [1.82, 2.24) is 15.3 Å². The number of aromatic nitrogens is 2. The van der Waals surface area contributed by atoms with Crippen LogP contribution in [-0.2, 0) is 13.0 Å². The highest BCUT2D eigenvalue weighted by molar-refractivity contribution is 5.90. The molecule has 0 atom stereocenters. The van der Waals surface area contributed by atoms with Crippen LogP contribution >= 0.6 is 0 Å². The largest absolute Gasteiger partial charge is 0.381 e. The Balaban J connectivity index is 1.08. The standard InChI is InChI=1S/C34H44N6/c1-24(2)25-13-15-29(16-14-25)36-23-27-10-6-5-9-26(27)21-22-35-28-17-19-30(20-18-28)37-34-38-32-12-8-7-11-31(32)33(39-34)40(3)4/h5-16,24,28,30,35-36H,17-23H2,1-4H3,(H,37,38,39)/t28-,30+. The van der Waals surface area contributed by atoms with Gasteiger partial charge in [0, 0.05) is 43.8 Å². The van der Waals surface area contributed by atoms with Gasteiger partial charge < -0.3 is 20.9 Å². The molecule has 0 unspecified atom stereocenters. The van der Waals surface area contributed by atoms with E-state index in [1.807, 2.05) is 26.2 Å². The molecule has 3 N–H and O–H groups in total. The fourth-order valence-corrected chi connectivity index (χ4v) is 5.66. The summed E-state index contributed by atoms with van der Waals surface area (Å²) in [6.45, 7) is 6.32. The minimum atomic E-state index is 0.413. The molecule has 0 aliphatic heterocycles. The maximum Gasteiger partial charge on any atom is 0.225 e. The van der Waals surface area contributed by atoms with Gasteiger partial charge in [0.15, 0.2) is 0 Å². The van der Waals surface area contributed by atoms with E-state index in [-0.39, 0.29) is 0 Å². The van der Waals surface area contributed by atoms with E-state index in [2.05, 4.69) is 95.4 Å². The van der Waals surface area contributed by atoms with Crippen LogP contribution in [0.4, 0.5) is 17.5 Å². The number of hydrogen-bond acceptors (Lipinski definition) is 6. The number of rotatable bonds is 11. The Bertz CT molecular complexity index is 1370. The lowest BCUT2D eigenvalue weighted by atomic mass is 9.91. The molecule has 1 aliphatic rings. The summed E-state index contributed by atoms with van der Waals surface area (Å²) >= 11 is 0. The number of nitrogens with zero attached hydrogens (tertiary/aromatic N) is 3. The van der Waals surface area contributed by atoms with Crippen LogP contribution < -0.4 is 20.9 Å². The molecule has 1 aromatic heterocycles. The van der Waals surface area contributed by atoms with Crippen molar-refractivity contribution in [3.8, 4) is 0 Å². The molecule has 210 valence electrons. The monoisotopic (exact) mass is 536 g/mol. The third-order valence-electron chi connectivity index (χ3n) is 8.07. The highest BCUT2D eigenvalue weighted by Crippen LogP contribution is 2.26. The lowest BCUT2D eigenvalue weighted by Gasteiger charge is -2.30. The fraction of sp³-hybridized carbons (Fsp3) is 0.412. The summed E-state index contributed by atoms with van der Waals surface area (Å²) in [6.07, 6.45) is 5.63. The molecule has 1 aliphatic carbocycles. The van der Waals surface area contributed by atoms with Crippen LogP contribution in [0, 0.1) is 0 Å². The van der Waals surface area contributed by atoms with Gasteiger partial charge in [0.2, 0.25) is 5.95 Å². The van der Waals surface area contributed by atoms with Crippen LogP contribution in [0.2, 0.25) is 0 Å². The Morgan fingerprint density at radius 1 is 0.800 bits per heavy atom. The average Bonchev–Trinajstić information content (AvgIpc) is 2.97. The zero-order valence-corrected chi connectivity index (χ0v) is 24.5. The summed E-state index contributed by atoms with van der Waals surface area (Å²) in [4.78, 5) is 11.7. The molecule has 4 aromatic rings. The second-order valence-corrected chi connectivity index (χ2v) is 11.6. The fourth-order valence-electron chi connectivity index (χ4n) is 5.66. The van der Waals surface area contributed by atoms with E-state index in [0.29, 0.717) is 18.0 Å². The molecule has 1 heterocycles. The van der Waals surface area contributed by atoms with E-state index in [1.165, 1.54) is 35.2 Å². The molecule has 1 saturated carbocycles. The molecule has 40 heavy (non-hydrogen) atoms. The maximum atomic E-state index is 4.83. The summed E-state index contributed by atoms with van der Waals surface area (Å²) in [5, 5.41) is 12.2. The third kappa shape index (κ3) is 7.11. The van der Waals surface area contributed by atoms with Crippen LogP contribution in [0.1, 0.15) is 62.1 Å². The predicted molar refractivity (Wildman–Crippen MR) is 170 cm³/mol. The van der Waals surface area contributed by atoms with Crippen molar-refractivity contribution < 1.29 is 0 Å². The highest BCUT2D eigenvalue weighted by atomic mass is 15.2. The first-order valence-electron chi connectivity index (χ1n) is 14.8. The number of para-hydroxylation sites is 1. The molecule has 6 heteroatoms. The Morgan fingerprint density at radius 3 is 2.20 bits per heavy atom. The number of nitrogens with one attached hydrogen (secondary N) is 3. The van der Waals surface area contributed by atoms with Gasteiger partial charge in [-0.15, -0.1) is 0 Å². The minimum absolute atomic E-state index is 0.413. The second-order valence-electron chi connectivity index (χ2n) is 11.6. The van der Waals surface area contributed by atoms with Gasteiger partial charge in [-0.25, -0.2) is 4.98 Å². The quantitative estimate of drug-likeness (QED) is 0.192. The van der Waals surface area contributed by atoms with Crippen molar-refractivity contribution in [3.05, 3.63) is 89.5 Å². The molecule has 0 bridgehead atoms. The first-order valence-corrected chi connectivity index (χ1v) is 14.8. The Morgan fingerprint density at radius 2 is 1.48 bits per heavy atom. The van der Waals surface area contributed by atoms with Crippen LogP contribution in [-0.4, -0.2) is 42.7 Å². The zero-order chi connectivity index (χ0) is 27.9. The normalized spacial score (nSPS) is 17.2. The molecule has 0 saturated heterocycles. The van der Waals surface area contributed by atoms with E-state index < -0.39 is 0 Å². The van der Waals surface area contributed by atoms with E-state index in [1.54, 1.807) is 0 Å². The van der Waals surface area contributed by atoms with Gasteiger partial charge in [-0.2, -0.15) is 4.98 Å². The van der Waals surface area contributed by atoms with Gasteiger partial charge in [0.05, 0.1) is 5.52 Å². The van der Waals surface area contributed by atoms with Gasteiger partial charge in [-0.1, -0.05) is 62.4 Å². The molecule has 0 radical (unpaired) electrons. The molecule has 5 rings (SSSR count). The summed E-state index contributed by atoms with van der Waals surface area (Å²) < 4.78 is 0. The Kier molecular flexibility index (Phi) is 9.17. The Hall–Kier alpha value is -3.64.